The average molecular weight is 249 g/mol. The highest BCUT2D eigenvalue weighted by Gasteiger charge is 2.17. The molecule has 2 nitrogen and oxygen atoms in total. The van der Waals surface area contributed by atoms with Gasteiger partial charge in [0.1, 0.15) is 0 Å². The van der Waals surface area contributed by atoms with Crippen molar-refractivity contribution in [3.8, 4) is 0 Å². The first-order chi connectivity index (χ1) is 8.59. The summed E-state index contributed by atoms with van der Waals surface area (Å²) in [5.74, 6) is -1.89. The number of pyridine rings is 1. The fraction of sp³-hybridized carbons (Fsp3) is 0.214. The Hall–Kier alpha value is -1.81. The predicted octanol–water partition coefficient (Wildman–Crippen LogP) is 2.94. The summed E-state index contributed by atoms with van der Waals surface area (Å²) in [4.78, 5) is 3.91. The second-order valence-corrected chi connectivity index (χ2v) is 4.18. The minimum atomic E-state index is -1.08. The number of benzene rings is 1. The summed E-state index contributed by atoms with van der Waals surface area (Å²) in [5.41, 5.74) is 0.970. The number of aryl methyl sites for hydroxylation is 1. The number of aromatic nitrogens is 1. The molecule has 0 fully saturated rings. The zero-order valence-corrected chi connectivity index (χ0v) is 9.90. The predicted molar refractivity (Wildman–Crippen MR) is 64.0 cm³/mol. The van der Waals surface area contributed by atoms with Crippen molar-refractivity contribution in [2.45, 2.75) is 19.4 Å². The molecule has 2 rings (SSSR count). The minimum Gasteiger partial charge on any atom is -0.388 e. The van der Waals surface area contributed by atoms with E-state index in [0.29, 0.717) is 0 Å². The third kappa shape index (κ3) is 2.54. The standard InChI is InChI=1S/C14H13F2NO/c1-9-4-5-11(14(16)13(9)15)12(18)7-10-3-2-6-17-8-10/h2-6,8,12,18H,7H2,1H3. The highest BCUT2D eigenvalue weighted by molar-refractivity contribution is 5.28. The van der Waals surface area contributed by atoms with E-state index in [-0.39, 0.29) is 17.5 Å². The highest BCUT2D eigenvalue weighted by atomic mass is 19.2. The number of hydrogen-bond donors (Lipinski definition) is 1. The smallest absolute Gasteiger partial charge is 0.164 e. The quantitative estimate of drug-likeness (QED) is 0.907. The molecule has 0 saturated carbocycles. The van der Waals surface area contributed by atoms with Gasteiger partial charge in [0.25, 0.3) is 0 Å². The first-order valence-corrected chi connectivity index (χ1v) is 5.61. The molecule has 1 heterocycles. The van der Waals surface area contributed by atoms with E-state index < -0.39 is 17.7 Å². The third-order valence-electron chi connectivity index (χ3n) is 2.82. The van der Waals surface area contributed by atoms with Crippen LogP contribution in [0.4, 0.5) is 8.78 Å². The summed E-state index contributed by atoms with van der Waals surface area (Å²) in [6, 6.07) is 6.38. The lowest BCUT2D eigenvalue weighted by Gasteiger charge is -2.13. The SMILES string of the molecule is Cc1ccc(C(O)Cc2cccnc2)c(F)c1F. The van der Waals surface area contributed by atoms with Crippen molar-refractivity contribution in [3.63, 3.8) is 0 Å². The van der Waals surface area contributed by atoms with Crippen molar-refractivity contribution in [2.24, 2.45) is 0 Å². The van der Waals surface area contributed by atoms with Gasteiger partial charge in [-0.1, -0.05) is 18.2 Å². The van der Waals surface area contributed by atoms with Crippen molar-refractivity contribution in [2.75, 3.05) is 0 Å². The summed E-state index contributed by atoms with van der Waals surface area (Å²) in [7, 11) is 0. The van der Waals surface area contributed by atoms with Gasteiger partial charge in [0, 0.05) is 24.4 Å². The van der Waals surface area contributed by atoms with E-state index in [4.69, 9.17) is 0 Å². The largest absolute Gasteiger partial charge is 0.388 e. The van der Waals surface area contributed by atoms with Gasteiger partial charge in [-0.25, -0.2) is 8.78 Å². The maximum absolute atomic E-state index is 13.7. The van der Waals surface area contributed by atoms with Crippen LogP contribution in [0.5, 0.6) is 0 Å². The van der Waals surface area contributed by atoms with E-state index in [2.05, 4.69) is 4.98 Å². The van der Waals surface area contributed by atoms with Crippen LogP contribution in [0.15, 0.2) is 36.7 Å². The summed E-state index contributed by atoms with van der Waals surface area (Å²) in [5, 5.41) is 9.94. The van der Waals surface area contributed by atoms with E-state index in [1.54, 1.807) is 24.5 Å². The number of aliphatic hydroxyl groups excluding tert-OH is 1. The third-order valence-corrected chi connectivity index (χ3v) is 2.82. The van der Waals surface area contributed by atoms with Gasteiger partial charge >= 0.3 is 0 Å². The van der Waals surface area contributed by atoms with Crippen LogP contribution in [0.1, 0.15) is 22.8 Å². The first kappa shape index (κ1) is 12.6. The van der Waals surface area contributed by atoms with Gasteiger partial charge in [0.2, 0.25) is 0 Å². The van der Waals surface area contributed by atoms with Crippen LogP contribution in [0.2, 0.25) is 0 Å². The lowest BCUT2D eigenvalue weighted by molar-refractivity contribution is 0.172. The molecule has 94 valence electrons. The van der Waals surface area contributed by atoms with E-state index >= 15 is 0 Å². The minimum absolute atomic E-state index is 0.0260. The summed E-state index contributed by atoms with van der Waals surface area (Å²) in [6.45, 7) is 1.48. The molecule has 1 N–H and O–H groups in total. The molecule has 0 amide bonds. The molecular formula is C14H13F2NO. The topological polar surface area (TPSA) is 33.1 Å². The zero-order valence-electron chi connectivity index (χ0n) is 9.90. The molecular weight excluding hydrogens is 236 g/mol. The Labute approximate surface area is 104 Å². The van der Waals surface area contributed by atoms with Gasteiger partial charge in [-0.05, 0) is 24.1 Å². The van der Waals surface area contributed by atoms with E-state index in [9.17, 15) is 13.9 Å². The molecule has 0 aliphatic heterocycles. The Morgan fingerprint density at radius 3 is 2.67 bits per heavy atom. The van der Waals surface area contributed by atoms with Gasteiger partial charge < -0.3 is 5.11 Å². The van der Waals surface area contributed by atoms with Crippen LogP contribution in [-0.2, 0) is 6.42 Å². The van der Waals surface area contributed by atoms with Crippen LogP contribution < -0.4 is 0 Å². The number of aliphatic hydroxyl groups is 1. The van der Waals surface area contributed by atoms with Crippen LogP contribution in [0, 0.1) is 18.6 Å². The van der Waals surface area contributed by atoms with Gasteiger partial charge in [-0.2, -0.15) is 0 Å². The normalized spacial score (nSPS) is 12.4. The Bertz CT molecular complexity index is 543. The molecule has 1 unspecified atom stereocenters. The van der Waals surface area contributed by atoms with Gasteiger partial charge in [0.15, 0.2) is 11.6 Å². The van der Waals surface area contributed by atoms with Crippen molar-refractivity contribution in [1.29, 1.82) is 0 Å². The zero-order chi connectivity index (χ0) is 13.1. The molecule has 18 heavy (non-hydrogen) atoms. The van der Waals surface area contributed by atoms with Crippen molar-refractivity contribution < 1.29 is 13.9 Å². The fourth-order valence-electron chi connectivity index (χ4n) is 1.77. The molecule has 0 radical (unpaired) electrons. The number of rotatable bonds is 3. The second kappa shape index (κ2) is 5.23. The molecule has 0 saturated heterocycles. The maximum atomic E-state index is 13.7. The summed E-state index contributed by atoms with van der Waals surface area (Å²) >= 11 is 0. The Morgan fingerprint density at radius 1 is 1.22 bits per heavy atom. The molecule has 4 heteroatoms. The monoisotopic (exact) mass is 249 g/mol. The molecule has 0 aliphatic carbocycles. The molecule has 1 atom stereocenters. The molecule has 0 bridgehead atoms. The number of hydrogen-bond acceptors (Lipinski definition) is 2. The van der Waals surface area contributed by atoms with Gasteiger partial charge in [-0.15, -0.1) is 0 Å². The second-order valence-electron chi connectivity index (χ2n) is 4.18. The molecule has 0 aliphatic rings. The van der Waals surface area contributed by atoms with E-state index in [1.807, 2.05) is 0 Å². The number of nitrogens with zero attached hydrogens (tertiary/aromatic N) is 1. The molecule has 2 aromatic rings. The molecule has 1 aromatic heterocycles. The van der Waals surface area contributed by atoms with E-state index in [0.717, 1.165) is 5.56 Å². The maximum Gasteiger partial charge on any atom is 0.164 e. The van der Waals surface area contributed by atoms with Gasteiger partial charge in [0.05, 0.1) is 6.10 Å². The fourth-order valence-corrected chi connectivity index (χ4v) is 1.77. The average Bonchev–Trinajstić information content (AvgIpc) is 2.37. The molecule has 1 aromatic carbocycles. The molecule has 0 spiro atoms. The Balaban J connectivity index is 2.24. The highest BCUT2D eigenvalue weighted by Crippen LogP contribution is 2.24. The summed E-state index contributed by atoms with van der Waals surface area (Å²) < 4.78 is 27.1. The van der Waals surface area contributed by atoms with Crippen molar-refractivity contribution >= 4 is 0 Å². The lowest BCUT2D eigenvalue weighted by Crippen LogP contribution is -2.07. The lowest BCUT2D eigenvalue weighted by atomic mass is 10.0. The van der Waals surface area contributed by atoms with Crippen LogP contribution in [0.3, 0.4) is 0 Å². The Kier molecular flexibility index (Phi) is 3.67. The first-order valence-electron chi connectivity index (χ1n) is 5.61. The Morgan fingerprint density at radius 2 is 2.00 bits per heavy atom. The van der Waals surface area contributed by atoms with Crippen molar-refractivity contribution in [3.05, 3.63) is 65.0 Å². The van der Waals surface area contributed by atoms with Crippen LogP contribution >= 0.6 is 0 Å². The van der Waals surface area contributed by atoms with Gasteiger partial charge in [-0.3, -0.25) is 4.98 Å². The summed E-state index contributed by atoms with van der Waals surface area (Å²) in [6.07, 6.45) is 2.32. The van der Waals surface area contributed by atoms with Crippen LogP contribution in [0.25, 0.3) is 0 Å². The van der Waals surface area contributed by atoms with E-state index in [1.165, 1.54) is 19.1 Å². The number of halogens is 2. The van der Waals surface area contributed by atoms with Crippen LogP contribution in [-0.4, -0.2) is 10.1 Å². The van der Waals surface area contributed by atoms with Crippen molar-refractivity contribution in [1.82, 2.24) is 4.98 Å².